The summed E-state index contributed by atoms with van der Waals surface area (Å²) in [6, 6.07) is 12.6. The number of ether oxygens (including phenoxy) is 1. The number of anilines is 5. The van der Waals surface area contributed by atoms with E-state index in [0.29, 0.717) is 33.7 Å². The van der Waals surface area contributed by atoms with Crippen molar-refractivity contribution in [2.24, 2.45) is 7.05 Å². The van der Waals surface area contributed by atoms with Crippen LogP contribution in [0.2, 0.25) is 0 Å². The molecule has 5 aromatic rings. The van der Waals surface area contributed by atoms with Crippen LogP contribution in [0.3, 0.4) is 0 Å². The van der Waals surface area contributed by atoms with Crippen molar-refractivity contribution in [1.82, 2.24) is 34.9 Å². The first-order valence-corrected chi connectivity index (χ1v) is 20.0. The molecule has 50 heavy (non-hydrogen) atoms. The standard InChI is InChI=1S/C35H42BrN10O2P.ClH/c1-44-22-23(19-40-44)26-17-29(32(48-2)18-31(26)46-13-9-24(10-14-46)45-15-11-37-12-16-45)42-35-39-20-27(36)34(43-35)41-30-21-38-28-8-6-5-7-25(28)33(30)49(3,4)47;/h5-8,17-22,24,37H,9-16H2,1-4H3,(H2,39,41,42,43);1H. The highest BCUT2D eigenvalue weighted by molar-refractivity contribution is 9.10. The monoisotopic (exact) mass is 780 g/mol. The molecule has 15 heteroatoms. The Morgan fingerprint density at radius 3 is 2.44 bits per heavy atom. The van der Waals surface area contributed by atoms with E-state index in [0.717, 1.165) is 90.8 Å². The van der Waals surface area contributed by atoms with E-state index in [1.54, 1.807) is 32.8 Å². The van der Waals surface area contributed by atoms with Crippen LogP contribution in [0.15, 0.2) is 65.7 Å². The smallest absolute Gasteiger partial charge is 0.229 e. The minimum absolute atomic E-state index is 0. The van der Waals surface area contributed by atoms with Crippen LogP contribution in [0, 0.1) is 0 Å². The second-order valence-electron chi connectivity index (χ2n) is 13.0. The van der Waals surface area contributed by atoms with E-state index in [2.05, 4.69) is 68.9 Å². The molecular formula is C35H43BrClN10O2P. The Bertz CT molecular complexity index is 2020. The minimum atomic E-state index is -2.70. The molecule has 7 rings (SSSR count). The zero-order valence-electron chi connectivity index (χ0n) is 28.7. The van der Waals surface area contributed by atoms with Gasteiger partial charge in [0.1, 0.15) is 18.7 Å². The van der Waals surface area contributed by atoms with Crippen LogP contribution < -0.4 is 30.9 Å². The van der Waals surface area contributed by atoms with Gasteiger partial charge in [0, 0.05) is 98.3 Å². The van der Waals surface area contributed by atoms with Gasteiger partial charge in [0.25, 0.3) is 0 Å². The summed E-state index contributed by atoms with van der Waals surface area (Å²) in [6.07, 6.45) is 9.59. The van der Waals surface area contributed by atoms with Crippen molar-refractivity contribution in [3.8, 4) is 16.9 Å². The first-order chi connectivity index (χ1) is 23.7. The molecule has 12 nitrogen and oxygen atoms in total. The van der Waals surface area contributed by atoms with Crippen LogP contribution in [0.25, 0.3) is 22.0 Å². The van der Waals surface area contributed by atoms with Crippen molar-refractivity contribution in [3.05, 3.63) is 65.7 Å². The molecule has 0 spiro atoms. The maximum absolute atomic E-state index is 13.5. The number of hydrogen-bond donors (Lipinski definition) is 3. The molecular weight excluding hydrogens is 739 g/mol. The molecule has 0 unspecified atom stereocenters. The SMILES string of the molecule is COc1cc(N2CCC(N3CCNCC3)CC2)c(-c2cnn(C)c2)cc1Nc1ncc(Br)c(Nc2cnc3ccccc3c2P(C)(C)=O)n1.Cl. The molecule has 264 valence electrons. The third-order valence-corrected chi connectivity index (χ3v) is 11.5. The Hall–Kier alpha value is -3.74. The van der Waals surface area contributed by atoms with E-state index in [-0.39, 0.29) is 12.4 Å². The Morgan fingerprint density at radius 2 is 1.74 bits per heavy atom. The normalized spacial score (nSPS) is 15.9. The molecule has 5 heterocycles. The fourth-order valence-electron chi connectivity index (χ4n) is 6.97. The van der Waals surface area contributed by atoms with Gasteiger partial charge < -0.3 is 30.2 Å². The van der Waals surface area contributed by atoms with Crippen LogP contribution in [0.5, 0.6) is 5.75 Å². The summed E-state index contributed by atoms with van der Waals surface area (Å²) in [5.41, 5.74) is 5.35. The van der Waals surface area contributed by atoms with Gasteiger partial charge in [-0.2, -0.15) is 10.1 Å². The molecule has 0 atom stereocenters. The lowest BCUT2D eigenvalue weighted by molar-refractivity contribution is 0.150. The van der Waals surface area contributed by atoms with Gasteiger partial charge in [-0.3, -0.25) is 14.6 Å². The van der Waals surface area contributed by atoms with Crippen molar-refractivity contribution in [1.29, 1.82) is 0 Å². The Kier molecular flexibility index (Phi) is 11.0. The molecule has 3 aromatic heterocycles. The lowest BCUT2D eigenvalue weighted by Gasteiger charge is -2.41. The van der Waals surface area contributed by atoms with Crippen molar-refractivity contribution in [2.75, 3.05) is 75.2 Å². The first kappa shape index (κ1) is 36.1. The van der Waals surface area contributed by atoms with Crippen LogP contribution in [-0.2, 0) is 11.6 Å². The fourth-order valence-corrected chi connectivity index (χ4v) is 8.72. The van der Waals surface area contributed by atoms with E-state index in [4.69, 9.17) is 9.72 Å². The number of methoxy groups -OCH3 is 1. The highest BCUT2D eigenvalue weighted by atomic mass is 79.9. The number of piperazine rings is 1. The van der Waals surface area contributed by atoms with Crippen molar-refractivity contribution < 1.29 is 9.30 Å². The minimum Gasteiger partial charge on any atom is -0.494 e. The predicted molar refractivity (Wildman–Crippen MR) is 209 cm³/mol. The maximum Gasteiger partial charge on any atom is 0.229 e. The second-order valence-corrected chi connectivity index (χ2v) is 17.0. The van der Waals surface area contributed by atoms with E-state index >= 15 is 0 Å². The second kappa shape index (κ2) is 15.2. The highest BCUT2D eigenvalue weighted by Crippen LogP contribution is 2.43. The summed E-state index contributed by atoms with van der Waals surface area (Å²) < 4.78 is 22.0. The molecule has 2 fully saturated rings. The molecule has 2 aromatic carbocycles. The van der Waals surface area contributed by atoms with E-state index in [1.165, 1.54) is 0 Å². The Balaban J connectivity index is 0.00000432. The van der Waals surface area contributed by atoms with Gasteiger partial charge in [0.05, 0.1) is 40.9 Å². The zero-order chi connectivity index (χ0) is 34.1. The van der Waals surface area contributed by atoms with Gasteiger partial charge in [0.15, 0.2) is 0 Å². The summed E-state index contributed by atoms with van der Waals surface area (Å²) >= 11 is 3.60. The average Bonchev–Trinajstić information content (AvgIpc) is 3.55. The number of nitrogens with zero attached hydrogens (tertiary/aromatic N) is 7. The molecule has 0 saturated carbocycles. The number of aromatic nitrogens is 5. The van der Waals surface area contributed by atoms with Gasteiger partial charge in [-0.1, -0.05) is 18.2 Å². The number of piperidine rings is 1. The predicted octanol–water partition coefficient (Wildman–Crippen LogP) is 6.23. The lowest BCUT2D eigenvalue weighted by Crippen LogP contribution is -2.52. The zero-order valence-corrected chi connectivity index (χ0v) is 32.0. The number of para-hydroxylation sites is 1. The molecule has 0 bridgehead atoms. The molecule has 2 saturated heterocycles. The number of benzene rings is 2. The first-order valence-electron chi connectivity index (χ1n) is 16.6. The number of aryl methyl sites for hydroxylation is 1. The van der Waals surface area contributed by atoms with Crippen LogP contribution in [0.1, 0.15) is 12.8 Å². The largest absolute Gasteiger partial charge is 0.494 e. The number of pyridine rings is 1. The highest BCUT2D eigenvalue weighted by Gasteiger charge is 2.28. The fraction of sp³-hybridized carbons (Fsp3) is 0.371. The lowest BCUT2D eigenvalue weighted by atomic mass is 9.98. The van der Waals surface area contributed by atoms with Gasteiger partial charge in [-0.05, 0) is 54.2 Å². The number of rotatable bonds is 9. The van der Waals surface area contributed by atoms with Gasteiger partial charge in [0.2, 0.25) is 5.95 Å². The molecule has 0 aliphatic carbocycles. The average molecular weight is 782 g/mol. The summed E-state index contributed by atoms with van der Waals surface area (Å²) in [7, 11) is 0.914. The van der Waals surface area contributed by atoms with Crippen LogP contribution >= 0.6 is 35.5 Å². The van der Waals surface area contributed by atoms with Crippen molar-refractivity contribution >= 4 is 80.5 Å². The van der Waals surface area contributed by atoms with Crippen molar-refractivity contribution in [2.45, 2.75) is 18.9 Å². The Labute approximate surface area is 307 Å². The summed E-state index contributed by atoms with van der Waals surface area (Å²) in [4.78, 5) is 19.1. The summed E-state index contributed by atoms with van der Waals surface area (Å²) in [6.45, 7) is 9.85. The number of halogens is 2. The number of hydrogen-bond acceptors (Lipinski definition) is 11. The van der Waals surface area contributed by atoms with Crippen LogP contribution in [-0.4, -0.2) is 95.4 Å². The van der Waals surface area contributed by atoms with Gasteiger partial charge in [-0.15, -0.1) is 12.4 Å². The van der Waals surface area contributed by atoms with Crippen LogP contribution in [0.4, 0.5) is 28.8 Å². The quantitative estimate of drug-likeness (QED) is 0.148. The summed E-state index contributed by atoms with van der Waals surface area (Å²) in [5, 5.41) is 16.3. The molecule has 2 aliphatic rings. The molecule has 0 amide bonds. The topological polar surface area (TPSA) is 125 Å². The molecule has 0 radical (unpaired) electrons. The number of nitrogens with one attached hydrogen (secondary N) is 3. The van der Waals surface area contributed by atoms with Crippen molar-refractivity contribution in [3.63, 3.8) is 0 Å². The molecule has 3 N–H and O–H groups in total. The summed E-state index contributed by atoms with van der Waals surface area (Å²) in [5.74, 6) is 1.57. The van der Waals surface area contributed by atoms with Gasteiger partial charge in [-0.25, -0.2) is 4.98 Å². The third kappa shape index (κ3) is 7.62. The van der Waals surface area contributed by atoms with Gasteiger partial charge >= 0.3 is 0 Å². The molecule has 2 aliphatic heterocycles. The number of fused-ring (bicyclic) bond motifs is 1. The van der Waals surface area contributed by atoms with E-state index in [1.807, 2.05) is 48.4 Å². The van der Waals surface area contributed by atoms with E-state index < -0.39 is 7.14 Å². The third-order valence-electron chi connectivity index (χ3n) is 9.34. The maximum atomic E-state index is 13.5. The Morgan fingerprint density at radius 1 is 0.980 bits per heavy atom. The van der Waals surface area contributed by atoms with E-state index in [9.17, 15) is 4.57 Å².